The van der Waals surface area contributed by atoms with Gasteiger partial charge in [0.2, 0.25) is 0 Å². The first-order chi connectivity index (χ1) is 12.2. The SMILES string of the molecule is COc1ccc(C2c3snnc3C(C)C(c3ccccc3)S2=O)cc1. The van der Waals surface area contributed by atoms with Crippen molar-refractivity contribution in [2.24, 2.45) is 0 Å². The van der Waals surface area contributed by atoms with Crippen molar-refractivity contribution >= 4 is 22.3 Å². The zero-order valence-corrected chi connectivity index (χ0v) is 15.6. The van der Waals surface area contributed by atoms with Crippen LogP contribution < -0.4 is 4.74 Å². The Kier molecular flexibility index (Phi) is 4.39. The normalized spacial score (nSPS) is 25.4. The second-order valence-electron chi connectivity index (χ2n) is 6.12. The first-order valence-electron chi connectivity index (χ1n) is 8.11. The van der Waals surface area contributed by atoms with Crippen molar-refractivity contribution in [1.82, 2.24) is 9.59 Å². The lowest BCUT2D eigenvalue weighted by atomic mass is 9.94. The van der Waals surface area contributed by atoms with Gasteiger partial charge in [-0.15, -0.1) is 5.10 Å². The summed E-state index contributed by atoms with van der Waals surface area (Å²) in [6.45, 7) is 2.10. The number of nitrogens with zero attached hydrogens (tertiary/aromatic N) is 2. The Morgan fingerprint density at radius 1 is 1.04 bits per heavy atom. The average Bonchev–Trinajstić information content (AvgIpc) is 3.13. The minimum Gasteiger partial charge on any atom is -0.497 e. The molecule has 6 heteroatoms. The van der Waals surface area contributed by atoms with Crippen LogP contribution in [0.2, 0.25) is 0 Å². The molecule has 0 amide bonds. The molecule has 4 unspecified atom stereocenters. The van der Waals surface area contributed by atoms with E-state index in [0.29, 0.717) is 0 Å². The molecular weight excluding hydrogens is 352 g/mol. The Labute approximate surface area is 153 Å². The summed E-state index contributed by atoms with van der Waals surface area (Å²) >= 11 is 1.36. The second-order valence-corrected chi connectivity index (χ2v) is 8.55. The number of methoxy groups -OCH3 is 1. The Balaban J connectivity index is 1.83. The van der Waals surface area contributed by atoms with Gasteiger partial charge < -0.3 is 4.74 Å². The van der Waals surface area contributed by atoms with Crippen LogP contribution in [0.25, 0.3) is 0 Å². The van der Waals surface area contributed by atoms with Gasteiger partial charge in [-0.1, -0.05) is 53.9 Å². The highest BCUT2D eigenvalue weighted by Gasteiger charge is 2.42. The minimum absolute atomic E-state index is 0.0754. The van der Waals surface area contributed by atoms with Crippen LogP contribution >= 0.6 is 11.5 Å². The molecule has 1 aromatic heterocycles. The summed E-state index contributed by atoms with van der Waals surface area (Å²) in [5.41, 5.74) is 3.07. The maximum absolute atomic E-state index is 13.6. The summed E-state index contributed by atoms with van der Waals surface area (Å²) < 4.78 is 23.0. The fraction of sp³-hybridized carbons (Fsp3) is 0.263. The van der Waals surface area contributed by atoms with Gasteiger partial charge in [0.15, 0.2) is 0 Å². The number of ether oxygens (including phenoxy) is 1. The van der Waals surface area contributed by atoms with Gasteiger partial charge in [-0.2, -0.15) is 0 Å². The Bertz CT molecular complexity index is 893. The Morgan fingerprint density at radius 2 is 1.76 bits per heavy atom. The first-order valence-corrected chi connectivity index (χ1v) is 10.2. The van der Waals surface area contributed by atoms with Crippen molar-refractivity contribution in [2.75, 3.05) is 7.11 Å². The topological polar surface area (TPSA) is 52.1 Å². The molecule has 128 valence electrons. The second kappa shape index (κ2) is 6.69. The van der Waals surface area contributed by atoms with Gasteiger partial charge in [0, 0.05) is 16.7 Å². The summed E-state index contributed by atoms with van der Waals surface area (Å²) in [6, 6.07) is 17.9. The van der Waals surface area contributed by atoms with Gasteiger partial charge in [0.25, 0.3) is 0 Å². The van der Waals surface area contributed by atoms with Crippen molar-refractivity contribution in [3.63, 3.8) is 0 Å². The lowest BCUT2D eigenvalue weighted by Gasteiger charge is -2.32. The molecule has 0 radical (unpaired) electrons. The van der Waals surface area contributed by atoms with Gasteiger partial charge in [-0.05, 0) is 34.8 Å². The maximum Gasteiger partial charge on any atom is 0.118 e. The van der Waals surface area contributed by atoms with Crippen LogP contribution in [0.1, 0.15) is 45.0 Å². The van der Waals surface area contributed by atoms with Crippen molar-refractivity contribution in [2.45, 2.75) is 23.3 Å². The van der Waals surface area contributed by atoms with Crippen molar-refractivity contribution in [3.8, 4) is 5.75 Å². The largest absolute Gasteiger partial charge is 0.497 e. The van der Waals surface area contributed by atoms with E-state index in [9.17, 15) is 4.21 Å². The third-order valence-corrected chi connectivity index (χ3v) is 7.80. The van der Waals surface area contributed by atoms with Crippen LogP contribution in [0.15, 0.2) is 54.6 Å². The van der Waals surface area contributed by atoms with Crippen LogP contribution in [-0.2, 0) is 10.8 Å². The standard InChI is InChI=1S/C19H18N2O2S2/c1-12-16-17(24-21-20-16)19(14-8-10-15(23-2)11-9-14)25(22)18(12)13-6-4-3-5-7-13/h3-12,18-19H,1-2H3. The van der Waals surface area contributed by atoms with Crippen LogP contribution in [0.3, 0.4) is 0 Å². The van der Waals surface area contributed by atoms with Crippen LogP contribution in [0, 0.1) is 0 Å². The molecule has 1 aliphatic heterocycles. The zero-order chi connectivity index (χ0) is 17.4. The van der Waals surface area contributed by atoms with Crippen molar-refractivity contribution < 1.29 is 8.95 Å². The average molecular weight is 370 g/mol. The number of fused-ring (bicyclic) bond motifs is 1. The van der Waals surface area contributed by atoms with Gasteiger partial charge in [0.05, 0.1) is 28.2 Å². The molecule has 0 saturated heterocycles. The molecule has 25 heavy (non-hydrogen) atoms. The van der Waals surface area contributed by atoms with Crippen molar-refractivity contribution in [3.05, 3.63) is 76.3 Å². The van der Waals surface area contributed by atoms with E-state index in [1.165, 1.54) is 11.5 Å². The quantitative estimate of drug-likeness (QED) is 0.692. The third-order valence-electron chi connectivity index (χ3n) is 4.69. The summed E-state index contributed by atoms with van der Waals surface area (Å²) in [5, 5.41) is 4.07. The summed E-state index contributed by atoms with van der Waals surface area (Å²) in [7, 11) is 0.538. The molecule has 0 N–H and O–H groups in total. The van der Waals surface area contributed by atoms with E-state index in [4.69, 9.17) is 4.74 Å². The first kappa shape index (κ1) is 16.4. The number of benzene rings is 2. The predicted molar refractivity (Wildman–Crippen MR) is 100 cm³/mol. The fourth-order valence-electron chi connectivity index (χ4n) is 3.43. The Hall–Kier alpha value is -2.05. The molecular formula is C19H18N2O2S2. The van der Waals surface area contributed by atoms with Crippen LogP contribution in [0.5, 0.6) is 5.75 Å². The van der Waals surface area contributed by atoms with Gasteiger partial charge in [-0.25, -0.2) is 0 Å². The highest BCUT2D eigenvalue weighted by molar-refractivity contribution is 7.86. The van der Waals surface area contributed by atoms with E-state index in [2.05, 4.69) is 28.6 Å². The van der Waals surface area contributed by atoms with Gasteiger partial charge in [0.1, 0.15) is 5.75 Å². The molecule has 4 rings (SSSR count). The van der Waals surface area contributed by atoms with E-state index in [1.807, 2.05) is 42.5 Å². The molecule has 4 nitrogen and oxygen atoms in total. The number of rotatable bonds is 3. The number of aromatic nitrogens is 2. The summed E-state index contributed by atoms with van der Waals surface area (Å²) in [4.78, 5) is 1.02. The molecule has 0 aliphatic carbocycles. The molecule has 2 heterocycles. The zero-order valence-electron chi connectivity index (χ0n) is 14.0. The third kappa shape index (κ3) is 2.79. The number of hydrogen-bond donors (Lipinski definition) is 0. The van der Waals surface area contributed by atoms with Gasteiger partial charge >= 0.3 is 0 Å². The monoisotopic (exact) mass is 370 g/mol. The fourth-order valence-corrected chi connectivity index (χ4v) is 6.62. The lowest BCUT2D eigenvalue weighted by Crippen LogP contribution is -2.26. The van der Waals surface area contributed by atoms with E-state index in [-0.39, 0.29) is 16.4 Å². The van der Waals surface area contributed by atoms with E-state index in [1.54, 1.807) is 7.11 Å². The molecule has 0 bridgehead atoms. The highest BCUT2D eigenvalue weighted by atomic mass is 32.2. The van der Waals surface area contributed by atoms with E-state index >= 15 is 0 Å². The molecule has 3 aromatic rings. The van der Waals surface area contributed by atoms with Crippen LogP contribution in [0.4, 0.5) is 0 Å². The molecule has 0 spiro atoms. The molecule has 1 aliphatic rings. The predicted octanol–water partition coefficient (Wildman–Crippen LogP) is 4.24. The maximum atomic E-state index is 13.6. The number of hydrogen-bond acceptors (Lipinski definition) is 5. The van der Waals surface area contributed by atoms with Crippen molar-refractivity contribution in [1.29, 1.82) is 0 Å². The molecule has 4 atom stereocenters. The summed E-state index contributed by atoms with van der Waals surface area (Å²) in [5.74, 6) is 0.868. The van der Waals surface area contributed by atoms with Crippen LogP contribution in [-0.4, -0.2) is 20.9 Å². The Morgan fingerprint density at radius 3 is 2.44 bits per heavy atom. The van der Waals surface area contributed by atoms with E-state index < -0.39 is 10.8 Å². The lowest BCUT2D eigenvalue weighted by molar-refractivity contribution is 0.414. The van der Waals surface area contributed by atoms with Gasteiger partial charge in [-0.3, -0.25) is 4.21 Å². The van der Waals surface area contributed by atoms with E-state index in [0.717, 1.165) is 27.4 Å². The molecule has 0 fully saturated rings. The smallest absolute Gasteiger partial charge is 0.118 e. The molecule has 0 saturated carbocycles. The minimum atomic E-state index is -1.11. The highest BCUT2D eigenvalue weighted by Crippen LogP contribution is 2.50. The summed E-state index contributed by atoms with van der Waals surface area (Å²) in [6.07, 6.45) is 0. The molecule has 2 aromatic carbocycles.